The van der Waals surface area contributed by atoms with E-state index in [1.54, 1.807) is 29.5 Å². The number of hydrogen-bond donors (Lipinski definition) is 1. The number of aromatic amines is 1. The fourth-order valence-electron chi connectivity index (χ4n) is 3.18. The molecule has 0 aliphatic carbocycles. The molecule has 0 spiro atoms. The van der Waals surface area contributed by atoms with E-state index < -0.39 is 0 Å². The van der Waals surface area contributed by atoms with Gasteiger partial charge in [-0.3, -0.25) is 14.5 Å². The number of piperazine rings is 1. The largest absolute Gasteiger partial charge is 0.335 e. The van der Waals surface area contributed by atoms with Gasteiger partial charge in [0.05, 0.1) is 5.39 Å². The van der Waals surface area contributed by atoms with Crippen LogP contribution >= 0.6 is 11.3 Å². The number of thiophene rings is 1. The van der Waals surface area contributed by atoms with E-state index in [9.17, 15) is 9.59 Å². The van der Waals surface area contributed by atoms with Crippen molar-refractivity contribution in [1.82, 2.24) is 20.0 Å². The molecule has 1 amide bonds. The molecule has 1 N–H and O–H groups in total. The summed E-state index contributed by atoms with van der Waals surface area (Å²) in [6.45, 7) is 3.92. The first-order valence-corrected chi connectivity index (χ1v) is 9.17. The Balaban J connectivity index is 1.49. The summed E-state index contributed by atoms with van der Waals surface area (Å²) in [5.74, 6) is -0.123. The van der Waals surface area contributed by atoms with E-state index >= 15 is 0 Å². The zero-order valence-electron chi connectivity index (χ0n) is 13.6. The second-order valence-electron chi connectivity index (χ2n) is 6.15. The number of hydrogen-bond acceptors (Lipinski definition) is 5. The number of fused-ring (bicyclic) bond motifs is 1. The summed E-state index contributed by atoms with van der Waals surface area (Å²) in [4.78, 5) is 28.9. The molecule has 0 unspecified atom stereocenters. The highest BCUT2D eigenvalue weighted by Gasteiger charge is 2.25. The Kier molecular flexibility index (Phi) is 4.33. The van der Waals surface area contributed by atoms with E-state index in [0.717, 1.165) is 19.6 Å². The average Bonchev–Trinajstić information content (AvgIpc) is 3.15. The van der Waals surface area contributed by atoms with Crippen LogP contribution in [0, 0.1) is 0 Å². The van der Waals surface area contributed by atoms with Crippen LogP contribution in [0.2, 0.25) is 0 Å². The first-order valence-electron chi connectivity index (χ1n) is 8.22. The van der Waals surface area contributed by atoms with Crippen LogP contribution in [0.15, 0.2) is 45.9 Å². The van der Waals surface area contributed by atoms with Crippen LogP contribution in [0.5, 0.6) is 0 Å². The molecule has 1 aliphatic rings. The Labute approximate surface area is 148 Å². The highest BCUT2D eigenvalue weighted by molar-refractivity contribution is 7.07. The zero-order chi connectivity index (χ0) is 17.2. The molecule has 6 nitrogen and oxygen atoms in total. The number of carbonyl (C=O) groups is 1. The molecule has 0 atom stereocenters. The van der Waals surface area contributed by atoms with Crippen molar-refractivity contribution in [3.63, 3.8) is 0 Å². The number of benzene rings is 1. The molecule has 0 radical (unpaired) electrons. The number of rotatable bonds is 3. The van der Waals surface area contributed by atoms with Crippen molar-refractivity contribution in [3.8, 4) is 0 Å². The van der Waals surface area contributed by atoms with Crippen molar-refractivity contribution < 1.29 is 4.79 Å². The lowest BCUT2D eigenvalue weighted by atomic mass is 10.1. The van der Waals surface area contributed by atoms with E-state index in [1.165, 1.54) is 5.56 Å². The molecule has 3 aromatic rings. The van der Waals surface area contributed by atoms with E-state index in [1.807, 2.05) is 11.0 Å². The third-order valence-corrected chi connectivity index (χ3v) is 5.28. The van der Waals surface area contributed by atoms with Crippen LogP contribution in [0.25, 0.3) is 10.8 Å². The van der Waals surface area contributed by atoms with Crippen LogP contribution < -0.4 is 5.56 Å². The summed E-state index contributed by atoms with van der Waals surface area (Å²) >= 11 is 1.70. The molecule has 128 valence electrons. The van der Waals surface area contributed by atoms with Crippen LogP contribution in [-0.4, -0.2) is 52.1 Å². The fraction of sp³-hybridized carbons (Fsp3) is 0.278. The van der Waals surface area contributed by atoms with Gasteiger partial charge in [0.1, 0.15) is 0 Å². The van der Waals surface area contributed by atoms with Crippen LogP contribution in [-0.2, 0) is 6.54 Å². The maximum absolute atomic E-state index is 12.9. The minimum Gasteiger partial charge on any atom is -0.335 e. The van der Waals surface area contributed by atoms with Crippen LogP contribution in [0.1, 0.15) is 16.1 Å². The Morgan fingerprint density at radius 3 is 2.60 bits per heavy atom. The van der Waals surface area contributed by atoms with Gasteiger partial charge in [-0.05, 0) is 28.5 Å². The molecule has 4 rings (SSSR count). The molecule has 1 fully saturated rings. The van der Waals surface area contributed by atoms with Gasteiger partial charge in [0.2, 0.25) is 0 Å². The third kappa shape index (κ3) is 3.20. The number of H-pyrrole nitrogens is 1. The van der Waals surface area contributed by atoms with Gasteiger partial charge in [0.25, 0.3) is 11.5 Å². The molecule has 3 heterocycles. The fourth-order valence-corrected chi connectivity index (χ4v) is 3.84. The maximum atomic E-state index is 12.9. The second-order valence-corrected chi connectivity index (χ2v) is 6.93. The Morgan fingerprint density at radius 1 is 1.12 bits per heavy atom. The minimum atomic E-state index is -0.271. The van der Waals surface area contributed by atoms with Gasteiger partial charge in [-0.1, -0.05) is 18.2 Å². The van der Waals surface area contributed by atoms with E-state index in [4.69, 9.17) is 0 Å². The Morgan fingerprint density at radius 2 is 1.88 bits per heavy atom. The quantitative estimate of drug-likeness (QED) is 0.780. The molecule has 7 heteroatoms. The van der Waals surface area contributed by atoms with Crippen LogP contribution in [0.4, 0.5) is 0 Å². The van der Waals surface area contributed by atoms with E-state index in [-0.39, 0.29) is 11.5 Å². The number of carbonyl (C=O) groups excluding carboxylic acids is 1. The first-order chi connectivity index (χ1) is 12.2. The van der Waals surface area contributed by atoms with E-state index in [0.29, 0.717) is 29.6 Å². The Hall–Kier alpha value is -2.51. The Bertz CT molecular complexity index is 943. The van der Waals surface area contributed by atoms with Gasteiger partial charge in [0, 0.05) is 38.1 Å². The van der Waals surface area contributed by atoms with Gasteiger partial charge in [-0.2, -0.15) is 16.4 Å². The molecule has 2 aromatic heterocycles. The number of nitrogens with one attached hydrogen (secondary N) is 1. The van der Waals surface area contributed by atoms with E-state index in [2.05, 4.69) is 31.9 Å². The molecule has 1 aromatic carbocycles. The molecule has 1 saturated heterocycles. The lowest BCUT2D eigenvalue weighted by Crippen LogP contribution is -2.48. The lowest BCUT2D eigenvalue weighted by molar-refractivity contribution is 0.0624. The normalized spacial score (nSPS) is 15.6. The third-order valence-electron chi connectivity index (χ3n) is 4.54. The molecular formula is C18H18N4O2S. The first kappa shape index (κ1) is 16.0. The molecule has 1 aliphatic heterocycles. The smallest absolute Gasteiger partial charge is 0.275 e. The van der Waals surface area contributed by atoms with Crippen molar-refractivity contribution in [3.05, 3.63) is 62.7 Å². The maximum Gasteiger partial charge on any atom is 0.275 e. The summed E-state index contributed by atoms with van der Waals surface area (Å²) in [5.41, 5.74) is 1.37. The van der Waals surface area contributed by atoms with Gasteiger partial charge >= 0.3 is 0 Å². The van der Waals surface area contributed by atoms with Gasteiger partial charge in [-0.25, -0.2) is 5.10 Å². The summed E-state index contributed by atoms with van der Waals surface area (Å²) in [7, 11) is 0. The van der Waals surface area contributed by atoms with Gasteiger partial charge in [0.15, 0.2) is 5.69 Å². The monoisotopic (exact) mass is 354 g/mol. The van der Waals surface area contributed by atoms with Gasteiger partial charge in [-0.15, -0.1) is 0 Å². The van der Waals surface area contributed by atoms with Crippen molar-refractivity contribution in [2.45, 2.75) is 6.54 Å². The highest BCUT2D eigenvalue weighted by Crippen LogP contribution is 2.17. The molecule has 0 bridgehead atoms. The summed E-state index contributed by atoms with van der Waals surface area (Å²) in [6.07, 6.45) is 0. The standard InChI is InChI=1S/C18H18N4O2S/c23-17-15-4-2-1-3-14(15)16(19-20-17)18(24)22-8-6-21(7-9-22)11-13-5-10-25-12-13/h1-5,10,12H,6-9,11H2,(H,20,23). The zero-order valence-corrected chi connectivity index (χ0v) is 14.5. The number of aromatic nitrogens is 2. The molecule has 25 heavy (non-hydrogen) atoms. The van der Waals surface area contributed by atoms with Crippen molar-refractivity contribution >= 4 is 28.0 Å². The number of amides is 1. The van der Waals surface area contributed by atoms with Crippen LogP contribution in [0.3, 0.4) is 0 Å². The lowest BCUT2D eigenvalue weighted by Gasteiger charge is -2.34. The predicted molar refractivity (Wildman–Crippen MR) is 97.9 cm³/mol. The van der Waals surface area contributed by atoms with Crippen molar-refractivity contribution in [2.75, 3.05) is 26.2 Å². The minimum absolute atomic E-state index is 0.123. The predicted octanol–water partition coefficient (Wildman–Crippen LogP) is 1.94. The highest BCUT2D eigenvalue weighted by atomic mass is 32.1. The van der Waals surface area contributed by atoms with Crippen molar-refractivity contribution in [1.29, 1.82) is 0 Å². The number of nitrogens with zero attached hydrogens (tertiary/aromatic N) is 3. The average molecular weight is 354 g/mol. The summed E-state index contributed by atoms with van der Waals surface area (Å²) < 4.78 is 0. The van der Waals surface area contributed by atoms with Crippen molar-refractivity contribution in [2.24, 2.45) is 0 Å². The second kappa shape index (κ2) is 6.78. The van der Waals surface area contributed by atoms with Gasteiger partial charge < -0.3 is 4.90 Å². The topological polar surface area (TPSA) is 69.3 Å². The SMILES string of the molecule is O=C(c1n[nH]c(=O)c2ccccc12)N1CCN(Cc2ccsc2)CC1. The summed E-state index contributed by atoms with van der Waals surface area (Å²) in [5, 5.41) is 11.8. The molecule has 0 saturated carbocycles. The molecular weight excluding hydrogens is 336 g/mol. The summed E-state index contributed by atoms with van der Waals surface area (Å²) in [6, 6.07) is 9.23.